The smallest absolute Gasteiger partial charge is 0.340 e. The molecule has 114 valence electrons. The quantitative estimate of drug-likeness (QED) is 0.491. The predicted molar refractivity (Wildman–Crippen MR) is 89.2 cm³/mol. The molecule has 0 radical (unpaired) electrons. The summed E-state index contributed by atoms with van der Waals surface area (Å²) in [7, 11) is 0. The first-order chi connectivity index (χ1) is 10.4. The molecule has 0 unspecified atom stereocenters. The van der Waals surface area contributed by atoms with Crippen LogP contribution in [0.15, 0.2) is 46.9 Å². The molecule has 0 aromatic heterocycles. The van der Waals surface area contributed by atoms with Crippen molar-refractivity contribution >= 4 is 45.0 Å². The van der Waals surface area contributed by atoms with Crippen LogP contribution in [0.1, 0.15) is 27.6 Å². The highest BCUT2D eigenvalue weighted by Crippen LogP contribution is 2.20. The van der Waals surface area contributed by atoms with Gasteiger partial charge in [0.2, 0.25) is 5.78 Å². The zero-order chi connectivity index (χ0) is 16.3. The lowest BCUT2D eigenvalue weighted by Gasteiger charge is -2.13. The van der Waals surface area contributed by atoms with Crippen LogP contribution in [0.3, 0.4) is 0 Å². The largest absolute Gasteiger partial charge is 0.451 e. The maximum Gasteiger partial charge on any atom is 0.340 e. The monoisotopic (exact) mass is 381 g/mol. The highest BCUT2D eigenvalue weighted by Gasteiger charge is 2.21. The van der Waals surface area contributed by atoms with Crippen molar-refractivity contribution < 1.29 is 14.3 Å². The molecule has 0 heterocycles. The number of halogens is 2. The minimum absolute atomic E-state index is 0.180. The second-order valence-corrected chi connectivity index (χ2v) is 6.00. The second-order valence-electron chi connectivity index (χ2n) is 4.65. The van der Waals surface area contributed by atoms with Crippen molar-refractivity contribution in [3.8, 4) is 0 Å². The Morgan fingerprint density at radius 2 is 1.82 bits per heavy atom. The van der Waals surface area contributed by atoms with E-state index in [1.165, 1.54) is 25.1 Å². The van der Waals surface area contributed by atoms with Crippen LogP contribution < -0.4 is 5.73 Å². The van der Waals surface area contributed by atoms with Gasteiger partial charge in [-0.15, -0.1) is 0 Å². The van der Waals surface area contributed by atoms with Gasteiger partial charge in [0.25, 0.3) is 0 Å². The number of nitrogen functional groups attached to an aromatic ring is 1. The molecule has 0 saturated carbocycles. The SMILES string of the molecule is C[C@H](OC(=O)c1ccc(Cl)cc1N)C(=O)c1ccc(Br)cc1. The van der Waals surface area contributed by atoms with E-state index in [2.05, 4.69) is 15.9 Å². The molecule has 1 atom stereocenters. The summed E-state index contributed by atoms with van der Waals surface area (Å²) < 4.78 is 6.04. The molecule has 0 saturated heterocycles. The van der Waals surface area contributed by atoms with Crippen molar-refractivity contribution in [2.45, 2.75) is 13.0 Å². The van der Waals surface area contributed by atoms with Crippen molar-refractivity contribution in [1.82, 2.24) is 0 Å². The average molecular weight is 383 g/mol. The Hall–Kier alpha value is -1.85. The van der Waals surface area contributed by atoms with E-state index < -0.39 is 12.1 Å². The maximum atomic E-state index is 12.2. The summed E-state index contributed by atoms with van der Waals surface area (Å²) in [5.74, 6) is -0.944. The summed E-state index contributed by atoms with van der Waals surface area (Å²) >= 11 is 9.08. The first-order valence-corrected chi connectivity index (χ1v) is 7.61. The molecule has 2 aromatic carbocycles. The number of esters is 1. The highest BCUT2D eigenvalue weighted by atomic mass is 79.9. The average Bonchev–Trinajstić information content (AvgIpc) is 2.47. The van der Waals surface area contributed by atoms with Gasteiger partial charge in [0.05, 0.1) is 5.56 Å². The third-order valence-electron chi connectivity index (χ3n) is 3.02. The van der Waals surface area contributed by atoms with Crippen LogP contribution in [0.5, 0.6) is 0 Å². The van der Waals surface area contributed by atoms with E-state index >= 15 is 0 Å². The van der Waals surface area contributed by atoms with Crippen molar-refractivity contribution in [2.24, 2.45) is 0 Å². The molecule has 22 heavy (non-hydrogen) atoms. The van der Waals surface area contributed by atoms with E-state index in [1.54, 1.807) is 24.3 Å². The van der Waals surface area contributed by atoms with Crippen molar-refractivity contribution in [3.05, 3.63) is 63.1 Å². The summed E-state index contributed by atoms with van der Waals surface area (Å²) in [6.45, 7) is 1.52. The Morgan fingerprint density at radius 1 is 1.18 bits per heavy atom. The molecular formula is C16H13BrClNO3. The Morgan fingerprint density at radius 3 is 2.41 bits per heavy atom. The Labute approximate surface area is 141 Å². The van der Waals surface area contributed by atoms with Crippen molar-refractivity contribution in [1.29, 1.82) is 0 Å². The molecule has 0 amide bonds. The molecule has 0 spiro atoms. The topological polar surface area (TPSA) is 69.4 Å². The first kappa shape index (κ1) is 16.5. The van der Waals surface area contributed by atoms with Gasteiger partial charge in [-0.2, -0.15) is 0 Å². The number of nitrogens with two attached hydrogens (primary N) is 1. The maximum absolute atomic E-state index is 12.2. The van der Waals surface area contributed by atoms with Crippen LogP contribution in [0.25, 0.3) is 0 Å². The number of hydrogen-bond donors (Lipinski definition) is 1. The standard InChI is InChI=1S/C16H13BrClNO3/c1-9(15(20)10-2-4-11(17)5-3-10)22-16(21)13-7-6-12(18)8-14(13)19/h2-9H,19H2,1H3/t9-/m0/s1. The lowest BCUT2D eigenvalue weighted by atomic mass is 10.1. The summed E-state index contributed by atoms with van der Waals surface area (Å²) in [6, 6.07) is 11.3. The Bertz CT molecular complexity index is 716. The van der Waals surface area contributed by atoms with Gasteiger partial charge in [0.15, 0.2) is 6.10 Å². The van der Waals surface area contributed by atoms with E-state index in [0.29, 0.717) is 10.6 Å². The minimum Gasteiger partial charge on any atom is -0.451 e. The van der Waals surface area contributed by atoms with E-state index in [0.717, 1.165) is 4.47 Å². The van der Waals surface area contributed by atoms with E-state index in [-0.39, 0.29) is 17.0 Å². The minimum atomic E-state index is -0.913. The molecule has 2 aromatic rings. The molecule has 6 heteroatoms. The Kier molecular flexibility index (Phi) is 5.21. The van der Waals surface area contributed by atoms with E-state index in [4.69, 9.17) is 22.1 Å². The van der Waals surface area contributed by atoms with Crippen LogP contribution in [-0.4, -0.2) is 17.9 Å². The van der Waals surface area contributed by atoms with Gasteiger partial charge >= 0.3 is 5.97 Å². The van der Waals surface area contributed by atoms with Gasteiger partial charge in [-0.25, -0.2) is 4.79 Å². The molecule has 0 bridgehead atoms. The number of anilines is 1. The van der Waals surface area contributed by atoms with Gasteiger partial charge in [0.1, 0.15) is 0 Å². The highest BCUT2D eigenvalue weighted by molar-refractivity contribution is 9.10. The number of carbonyl (C=O) groups is 2. The summed E-state index contributed by atoms with van der Waals surface area (Å²) in [4.78, 5) is 24.3. The third kappa shape index (κ3) is 3.87. The van der Waals surface area contributed by atoms with Gasteiger partial charge in [0, 0.05) is 20.7 Å². The third-order valence-corrected chi connectivity index (χ3v) is 3.78. The van der Waals surface area contributed by atoms with Crippen LogP contribution in [0.4, 0.5) is 5.69 Å². The second kappa shape index (κ2) is 6.94. The molecule has 2 N–H and O–H groups in total. The summed E-state index contributed by atoms with van der Waals surface area (Å²) in [5.41, 5.74) is 6.58. The number of carbonyl (C=O) groups excluding carboxylic acids is 2. The number of Topliss-reactive ketones (excluding diaryl/α,β-unsaturated/α-hetero) is 1. The fourth-order valence-electron chi connectivity index (χ4n) is 1.85. The Balaban J connectivity index is 2.10. The van der Waals surface area contributed by atoms with E-state index in [1.807, 2.05) is 0 Å². The van der Waals surface area contributed by atoms with Gasteiger partial charge < -0.3 is 10.5 Å². The van der Waals surface area contributed by atoms with E-state index in [9.17, 15) is 9.59 Å². The summed E-state index contributed by atoms with van der Waals surface area (Å²) in [5, 5.41) is 0.424. The molecule has 0 fully saturated rings. The normalized spacial score (nSPS) is 11.8. The molecule has 0 aliphatic carbocycles. The van der Waals surface area contributed by atoms with Gasteiger partial charge in [-0.3, -0.25) is 4.79 Å². The first-order valence-electron chi connectivity index (χ1n) is 6.44. The molecule has 2 rings (SSSR count). The number of hydrogen-bond acceptors (Lipinski definition) is 4. The fraction of sp³-hybridized carbons (Fsp3) is 0.125. The molecule has 4 nitrogen and oxygen atoms in total. The van der Waals surface area contributed by atoms with Crippen molar-refractivity contribution in [2.75, 3.05) is 5.73 Å². The number of ketones is 1. The lowest BCUT2D eigenvalue weighted by molar-refractivity contribution is 0.0320. The van der Waals surface area contributed by atoms with Crippen LogP contribution in [-0.2, 0) is 4.74 Å². The molecule has 0 aliphatic rings. The number of benzene rings is 2. The zero-order valence-electron chi connectivity index (χ0n) is 11.7. The van der Waals surface area contributed by atoms with Crippen molar-refractivity contribution in [3.63, 3.8) is 0 Å². The zero-order valence-corrected chi connectivity index (χ0v) is 14.0. The predicted octanol–water partition coefficient (Wildman–Crippen LogP) is 4.11. The van der Waals surface area contributed by atoms with Gasteiger partial charge in [-0.05, 0) is 37.3 Å². The summed E-state index contributed by atoms with van der Waals surface area (Å²) in [6.07, 6.45) is -0.913. The number of ether oxygens (including phenoxy) is 1. The lowest BCUT2D eigenvalue weighted by Crippen LogP contribution is -2.24. The fourth-order valence-corrected chi connectivity index (χ4v) is 2.29. The van der Waals surface area contributed by atoms with Gasteiger partial charge in [-0.1, -0.05) is 39.7 Å². The van der Waals surface area contributed by atoms with Crippen LogP contribution in [0.2, 0.25) is 5.02 Å². The number of rotatable bonds is 4. The molecular weight excluding hydrogens is 370 g/mol. The van der Waals surface area contributed by atoms with Crippen LogP contribution in [0, 0.1) is 0 Å². The molecule has 0 aliphatic heterocycles. The van der Waals surface area contributed by atoms with Crippen LogP contribution >= 0.6 is 27.5 Å².